The van der Waals surface area contributed by atoms with E-state index in [4.69, 9.17) is 9.84 Å². The Kier molecular flexibility index (Phi) is 11.5. The predicted molar refractivity (Wildman–Crippen MR) is 90.6 cm³/mol. The minimum absolute atomic E-state index is 0.0473. The number of rotatable bonds is 8. The molecule has 0 aliphatic heterocycles. The maximum atomic E-state index is 11.0. The molecule has 0 spiro atoms. The smallest absolute Gasteiger partial charge is 0.333 e. The van der Waals surface area contributed by atoms with Gasteiger partial charge in [-0.1, -0.05) is 31.4 Å². The van der Waals surface area contributed by atoms with Gasteiger partial charge >= 0.3 is 11.9 Å². The Balaban J connectivity index is 0.000000506. The molecule has 0 amide bonds. The minimum atomic E-state index is -0.455. The fraction of sp³-hybridized carbons (Fsp3) is 0.333. The van der Waals surface area contributed by atoms with Crippen LogP contribution in [0, 0.1) is 0 Å². The highest BCUT2D eigenvalue weighted by Gasteiger charge is 2.05. The third-order valence-corrected chi connectivity index (χ3v) is 2.56. The predicted octanol–water partition coefficient (Wildman–Crippen LogP) is 2.28. The van der Waals surface area contributed by atoms with Gasteiger partial charge in [-0.25, -0.2) is 9.59 Å². The summed E-state index contributed by atoms with van der Waals surface area (Å²) in [5.74, 6) is -0.0501. The molecular formula is C18H24O6. The normalized spacial score (nSPS) is 9.12. The van der Waals surface area contributed by atoms with Crippen LogP contribution in [0.3, 0.4) is 0 Å². The summed E-state index contributed by atoms with van der Waals surface area (Å²) in [6, 6.07) is 9.43. The van der Waals surface area contributed by atoms with Crippen LogP contribution in [-0.4, -0.2) is 44.0 Å². The lowest BCUT2D eigenvalue weighted by Crippen LogP contribution is -2.08. The first kappa shape index (κ1) is 21.4. The number of hydrogen-bond donors (Lipinski definition) is 1. The second-order valence-corrected chi connectivity index (χ2v) is 4.65. The summed E-state index contributed by atoms with van der Waals surface area (Å²) in [6.45, 7) is 8.85. The van der Waals surface area contributed by atoms with Crippen LogP contribution in [-0.2, 0) is 19.1 Å². The first-order chi connectivity index (χ1) is 11.4. The molecule has 24 heavy (non-hydrogen) atoms. The third-order valence-electron chi connectivity index (χ3n) is 2.56. The molecule has 1 aromatic rings. The van der Waals surface area contributed by atoms with Gasteiger partial charge in [0.05, 0.1) is 20.3 Å². The van der Waals surface area contributed by atoms with Crippen molar-refractivity contribution in [3.8, 4) is 5.75 Å². The molecule has 6 nitrogen and oxygen atoms in total. The van der Waals surface area contributed by atoms with Gasteiger partial charge in [0.1, 0.15) is 12.4 Å². The fourth-order valence-electron chi connectivity index (χ4n) is 1.32. The average Bonchev–Trinajstić information content (AvgIpc) is 2.60. The molecule has 1 aromatic carbocycles. The molecule has 132 valence electrons. The zero-order chi connectivity index (χ0) is 18.4. The van der Waals surface area contributed by atoms with E-state index >= 15 is 0 Å². The summed E-state index contributed by atoms with van der Waals surface area (Å²) in [5, 5.41) is 8.19. The maximum Gasteiger partial charge on any atom is 0.333 e. The summed E-state index contributed by atoms with van der Waals surface area (Å²) in [6.07, 6.45) is 0.474. The SMILES string of the molecule is C=C(C)C(=O)OCCO.C=C(CCOc1ccccc1)C(=O)OC. The number of benzene rings is 1. The highest BCUT2D eigenvalue weighted by Crippen LogP contribution is 2.10. The lowest BCUT2D eigenvalue weighted by atomic mass is 10.2. The summed E-state index contributed by atoms with van der Waals surface area (Å²) in [4.78, 5) is 21.4. The molecule has 1 N–H and O–H groups in total. The van der Waals surface area contributed by atoms with Crippen LogP contribution < -0.4 is 4.74 Å². The van der Waals surface area contributed by atoms with Crippen LogP contribution in [0.5, 0.6) is 5.75 Å². The van der Waals surface area contributed by atoms with E-state index in [2.05, 4.69) is 22.6 Å². The van der Waals surface area contributed by atoms with Crippen LogP contribution >= 0.6 is 0 Å². The Morgan fingerprint density at radius 2 is 1.71 bits per heavy atom. The quantitative estimate of drug-likeness (QED) is 0.579. The Hall–Kier alpha value is -2.60. The van der Waals surface area contributed by atoms with E-state index in [0.717, 1.165) is 5.75 Å². The molecule has 0 aliphatic carbocycles. The van der Waals surface area contributed by atoms with Gasteiger partial charge in [-0.05, 0) is 19.1 Å². The van der Waals surface area contributed by atoms with Gasteiger partial charge in [0.25, 0.3) is 0 Å². The number of para-hydroxylation sites is 1. The molecule has 1 rings (SSSR count). The van der Waals surface area contributed by atoms with Crippen molar-refractivity contribution in [2.24, 2.45) is 0 Å². The molecule has 0 atom stereocenters. The number of ether oxygens (including phenoxy) is 3. The molecule has 0 aliphatic rings. The third kappa shape index (κ3) is 10.2. The van der Waals surface area contributed by atoms with Crippen LogP contribution in [0.1, 0.15) is 13.3 Å². The van der Waals surface area contributed by atoms with Crippen molar-refractivity contribution < 1.29 is 28.9 Å². The van der Waals surface area contributed by atoms with Gasteiger partial charge in [-0.2, -0.15) is 0 Å². The molecular weight excluding hydrogens is 312 g/mol. The van der Waals surface area contributed by atoms with E-state index in [1.54, 1.807) is 6.92 Å². The molecule has 0 radical (unpaired) electrons. The Morgan fingerprint density at radius 1 is 1.08 bits per heavy atom. The molecule has 0 aromatic heterocycles. The second-order valence-electron chi connectivity index (χ2n) is 4.65. The molecule has 0 unspecified atom stereocenters. The zero-order valence-electron chi connectivity index (χ0n) is 14.1. The molecule has 0 bridgehead atoms. The van der Waals surface area contributed by atoms with Gasteiger partial charge < -0.3 is 19.3 Å². The van der Waals surface area contributed by atoms with Crippen molar-refractivity contribution in [3.63, 3.8) is 0 Å². The lowest BCUT2D eigenvalue weighted by molar-refractivity contribution is -0.140. The van der Waals surface area contributed by atoms with Crippen molar-refractivity contribution in [3.05, 3.63) is 54.6 Å². The summed E-state index contributed by atoms with van der Waals surface area (Å²) in [7, 11) is 1.34. The number of carbonyl (C=O) groups excluding carboxylic acids is 2. The summed E-state index contributed by atoms with van der Waals surface area (Å²) in [5.41, 5.74) is 0.775. The topological polar surface area (TPSA) is 82.1 Å². The monoisotopic (exact) mass is 336 g/mol. The van der Waals surface area contributed by atoms with Crippen molar-refractivity contribution in [2.45, 2.75) is 13.3 Å². The summed E-state index contributed by atoms with van der Waals surface area (Å²) < 4.78 is 14.4. The van der Waals surface area contributed by atoms with Gasteiger partial charge in [0, 0.05) is 17.6 Å². The van der Waals surface area contributed by atoms with Crippen LogP contribution in [0.25, 0.3) is 0 Å². The summed E-state index contributed by atoms with van der Waals surface area (Å²) >= 11 is 0. The van der Waals surface area contributed by atoms with Gasteiger partial charge in [0.2, 0.25) is 0 Å². The van der Waals surface area contributed by atoms with Crippen molar-refractivity contribution in [1.29, 1.82) is 0 Å². The van der Waals surface area contributed by atoms with E-state index in [9.17, 15) is 9.59 Å². The zero-order valence-corrected chi connectivity index (χ0v) is 14.1. The van der Waals surface area contributed by atoms with Crippen molar-refractivity contribution in [2.75, 3.05) is 26.9 Å². The number of esters is 2. The van der Waals surface area contributed by atoms with Gasteiger partial charge in [-0.3, -0.25) is 0 Å². The average molecular weight is 336 g/mol. The molecule has 0 saturated carbocycles. The first-order valence-corrected chi connectivity index (χ1v) is 7.29. The molecule has 6 heteroatoms. The van der Waals surface area contributed by atoms with E-state index in [1.807, 2.05) is 30.3 Å². The van der Waals surface area contributed by atoms with Crippen LogP contribution in [0.2, 0.25) is 0 Å². The second kappa shape index (κ2) is 12.9. The van der Waals surface area contributed by atoms with Crippen LogP contribution in [0.15, 0.2) is 54.6 Å². The maximum absolute atomic E-state index is 11.0. The Labute approximate surface area is 142 Å². The van der Waals surface area contributed by atoms with E-state index in [1.165, 1.54) is 7.11 Å². The van der Waals surface area contributed by atoms with E-state index < -0.39 is 5.97 Å². The highest BCUT2D eigenvalue weighted by atomic mass is 16.5. The van der Waals surface area contributed by atoms with Crippen molar-refractivity contribution in [1.82, 2.24) is 0 Å². The van der Waals surface area contributed by atoms with Crippen LogP contribution in [0.4, 0.5) is 0 Å². The van der Waals surface area contributed by atoms with Gasteiger partial charge in [0.15, 0.2) is 0 Å². The number of aliphatic hydroxyl groups excluding tert-OH is 1. The molecule has 0 fully saturated rings. The first-order valence-electron chi connectivity index (χ1n) is 7.29. The Morgan fingerprint density at radius 3 is 2.21 bits per heavy atom. The number of aliphatic hydroxyl groups is 1. The Bertz CT molecular complexity index is 536. The molecule has 0 heterocycles. The largest absolute Gasteiger partial charge is 0.493 e. The fourth-order valence-corrected chi connectivity index (χ4v) is 1.32. The highest BCUT2D eigenvalue weighted by molar-refractivity contribution is 5.87. The van der Waals surface area contributed by atoms with E-state index in [-0.39, 0.29) is 19.2 Å². The standard InChI is InChI=1S/C12H14O3.C6H10O3/c1-10(12(13)14-2)8-9-15-11-6-4-3-5-7-11;1-5(2)6(8)9-4-3-7/h3-7H,1,8-9H2,2H3;7H,1,3-4H2,2H3. The van der Waals surface area contributed by atoms with Gasteiger partial charge in [-0.15, -0.1) is 0 Å². The molecule has 0 saturated heterocycles. The number of carbonyl (C=O) groups is 2. The number of hydrogen-bond acceptors (Lipinski definition) is 6. The number of methoxy groups -OCH3 is 1. The lowest BCUT2D eigenvalue weighted by Gasteiger charge is -2.06. The minimum Gasteiger partial charge on any atom is -0.493 e. The van der Waals surface area contributed by atoms with E-state index in [0.29, 0.717) is 24.2 Å². The van der Waals surface area contributed by atoms with Crippen molar-refractivity contribution >= 4 is 11.9 Å².